The van der Waals surface area contributed by atoms with E-state index in [1.54, 1.807) is 31.4 Å². The van der Waals surface area contributed by atoms with Crippen LogP contribution in [0.4, 0.5) is 5.69 Å². The van der Waals surface area contributed by atoms with Crippen molar-refractivity contribution in [2.45, 2.75) is 26.7 Å². The third kappa shape index (κ3) is 4.97. The Hall–Kier alpha value is -4.05. The number of nitro benzene ring substituents is 1. The lowest BCUT2D eigenvalue weighted by Crippen LogP contribution is -2.20. The highest BCUT2D eigenvalue weighted by molar-refractivity contribution is 9.10. The number of methoxy groups -OCH3 is 2. The molecule has 0 aliphatic carbocycles. The number of aromatic nitrogens is 2. The number of fused-ring (bicyclic) bond motifs is 1. The van der Waals surface area contributed by atoms with E-state index in [-0.39, 0.29) is 22.9 Å². The largest absolute Gasteiger partial charge is 0.496 e. The number of nitro groups is 1. The molecule has 4 rings (SSSR count). The third-order valence-electron chi connectivity index (χ3n) is 5.96. The van der Waals surface area contributed by atoms with E-state index in [0.29, 0.717) is 26.8 Å². The van der Waals surface area contributed by atoms with Crippen LogP contribution in [0.5, 0.6) is 11.5 Å². The molecular weight excluding hydrogens is 540 g/mol. The van der Waals surface area contributed by atoms with Gasteiger partial charge in [-0.25, -0.2) is 4.98 Å². The van der Waals surface area contributed by atoms with Crippen molar-refractivity contribution >= 4 is 38.7 Å². The fraction of sp³-hybridized carbons (Fsp3) is 0.222. The van der Waals surface area contributed by atoms with Gasteiger partial charge in [-0.05, 0) is 70.2 Å². The van der Waals surface area contributed by atoms with Crippen molar-refractivity contribution < 1.29 is 14.4 Å². The van der Waals surface area contributed by atoms with Crippen LogP contribution in [0.15, 0.2) is 62.9 Å². The molecule has 1 aromatic heterocycles. The summed E-state index contributed by atoms with van der Waals surface area (Å²) in [5, 5.41) is 16.4. The van der Waals surface area contributed by atoms with Crippen molar-refractivity contribution in [3.05, 3.63) is 90.2 Å². The van der Waals surface area contributed by atoms with Crippen LogP contribution in [-0.4, -0.2) is 35.0 Å². The summed E-state index contributed by atoms with van der Waals surface area (Å²) in [5.74, 6) is 1.37. The van der Waals surface area contributed by atoms with Gasteiger partial charge in [-0.2, -0.15) is 9.78 Å². The maximum atomic E-state index is 13.6. The molecule has 0 unspecified atom stereocenters. The van der Waals surface area contributed by atoms with Crippen LogP contribution in [0.1, 0.15) is 36.5 Å². The average Bonchev–Trinajstić information content (AvgIpc) is 2.87. The van der Waals surface area contributed by atoms with Crippen molar-refractivity contribution in [1.29, 1.82) is 0 Å². The molecular formula is C27H25BrN4O5. The molecule has 1 heterocycles. The molecule has 0 N–H and O–H groups in total. The molecule has 4 aromatic rings. The van der Waals surface area contributed by atoms with Gasteiger partial charge < -0.3 is 9.47 Å². The van der Waals surface area contributed by atoms with E-state index in [9.17, 15) is 14.9 Å². The van der Waals surface area contributed by atoms with Crippen molar-refractivity contribution in [1.82, 2.24) is 9.66 Å². The first kappa shape index (κ1) is 26.0. The van der Waals surface area contributed by atoms with Crippen LogP contribution in [0.25, 0.3) is 22.3 Å². The Kier molecular flexibility index (Phi) is 7.40. The van der Waals surface area contributed by atoms with Gasteiger partial charge >= 0.3 is 5.69 Å². The lowest BCUT2D eigenvalue weighted by molar-refractivity contribution is -0.385. The minimum Gasteiger partial charge on any atom is -0.496 e. The van der Waals surface area contributed by atoms with Crippen molar-refractivity contribution in [2.75, 3.05) is 14.2 Å². The second-order valence-electron chi connectivity index (χ2n) is 8.69. The summed E-state index contributed by atoms with van der Waals surface area (Å²) in [6.45, 7) is 6.04. The predicted molar refractivity (Wildman–Crippen MR) is 147 cm³/mol. The molecule has 0 saturated heterocycles. The van der Waals surface area contributed by atoms with Crippen molar-refractivity contribution in [2.24, 2.45) is 5.10 Å². The second-order valence-corrected chi connectivity index (χ2v) is 9.54. The topological polar surface area (TPSA) is 109 Å². The van der Waals surface area contributed by atoms with Gasteiger partial charge in [0.2, 0.25) is 5.75 Å². The summed E-state index contributed by atoms with van der Waals surface area (Å²) in [6.07, 6.45) is 1.39. The van der Waals surface area contributed by atoms with Crippen molar-refractivity contribution in [3.8, 4) is 22.9 Å². The number of halogens is 1. The van der Waals surface area contributed by atoms with Crippen LogP contribution in [0.2, 0.25) is 0 Å². The highest BCUT2D eigenvalue weighted by Crippen LogP contribution is 2.36. The zero-order valence-corrected chi connectivity index (χ0v) is 22.6. The predicted octanol–water partition coefficient (Wildman–Crippen LogP) is 6.07. The monoisotopic (exact) mass is 564 g/mol. The molecule has 3 aromatic carbocycles. The summed E-state index contributed by atoms with van der Waals surface area (Å²) in [4.78, 5) is 29.4. The van der Waals surface area contributed by atoms with Crippen LogP contribution in [0.3, 0.4) is 0 Å². The summed E-state index contributed by atoms with van der Waals surface area (Å²) in [7, 11) is 2.98. The van der Waals surface area contributed by atoms with Crippen LogP contribution < -0.4 is 15.0 Å². The normalized spacial score (nSPS) is 11.4. The van der Waals surface area contributed by atoms with Gasteiger partial charge in [-0.3, -0.25) is 14.9 Å². The number of nitrogens with zero attached hydrogens (tertiary/aromatic N) is 4. The zero-order chi connectivity index (χ0) is 26.9. The fourth-order valence-electron chi connectivity index (χ4n) is 4.11. The highest BCUT2D eigenvalue weighted by Gasteiger charge is 2.20. The van der Waals surface area contributed by atoms with Gasteiger partial charge in [0.1, 0.15) is 5.75 Å². The molecule has 10 heteroatoms. The van der Waals surface area contributed by atoms with Crippen LogP contribution >= 0.6 is 15.9 Å². The standard InChI is InChI=1S/C27H25BrN4O5/c1-15(2)19-13-20(16(3)10-24(19)36-4)26-30-22-9-7-6-8-18(22)27(33)31(26)29-14-17-11-21(28)25(37-5)23(12-17)32(34)35/h6-15H,1-5H3. The van der Waals surface area contributed by atoms with Crippen LogP contribution in [0, 0.1) is 17.0 Å². The first-order valence-electron chi connectivity index (χ1n) is 11.4. The molecule has 0 bridgehead atoms. The number of hydrogen-bond donors (Lipinski definition) is 0. The maximum Gasteiger partial charge on any atom is 0.312 e. The fourth-order valence-corrected chi connectivity index (χ4v) is 4.74. The Bertz CT molecular complexity index is 1610. The lowest BCUT2D eigenvalue weighted by Gasteiger charge is -2.17. The minimum absolute atomic E-state index is 0.0995. The Labute approximate surface area is 221 Å². The quantitative estimate of drug-likeness (QED) is 0.153. The van der Waals surface area contributed by atoms with Gasteiger partial charge in [0, 0.05) is 17.2 Å². The van der Waals surface area contributed by atoms with E-state index in [1.807, 2.05) is 25.1 Å². The summed E-state index contributed by atoms with van der Waals surface area (Å²) in [5.41, 5.74) is 2.91. The Morgan fingerprint density at radius 3 is 2.51 bits per heavy atom. The van der Waals surface area contributed by atoms with E-state index in [0.717, 1.165) is 22.4 Å². The third-order valence-corrected chi connectivity index (χ3v) is 6.55. The van der Waals surface area contributed by atoms with Crippen LogP contribution in [-0.2, 0) is 0 Å². The van der Waals surface area contributed by atoms with E-state index in [4.69, 9.17) is 14.5 Å². The molecule has 190 valence electrons. The molecule has 9 nitrogen and oxygen atoms in total. The zero-order valence-electron chi connectivity index (χ0n) is 21.0. The number of rotatable bonds is 7. The lowest BCUT2D eigenvalue weighted by atomic mass is 9.96. The Morgan fingerprint density at radius 1 is 1.14 bits per heavy atom. The first-order chi connectivity index (χ1) is 17.7. The molecule has 0 saturated carbocycles. The summed E-state index contributed by atoms with van der Waals surface area (Å²) < 4.78 is 12.4. The molecule has 0 amide bonds. The van der Waals surface area contributed by atoms with Gasteiger partial charge in [-0.15, -0.1) is 0 Å². The summed E-state index contributed by atoms with van der Waals surface area (Å²) >= 11 is 3.31. The van der Waals surface area contributed by atoms with Gasteiger partial charge in [0.15, 0.2) is 5.82 Å². The Balaban J connectivity index is 1.98. The number of para-hydroxylation sites is 1. The van der Waals surface area contributed by atoms with Gasteiger partial charge in [0.05, 0.1) is 40.7 Å². The number of benzene rings is 3. The molecule has 0 spiro atoms. The average molecular weight is 565 g/mol. The molecule has 0 radical (unpaired) electrons. The van der Waals surface area contributed by atoms with E-state index < -0.39 is 4.92 Å². The molecule has 0 aliphatic rings. The SMILES string of the molecule is COc1cc(C)c(-c2nc3ccccc3c(=O)n2N=Cc2cc(Br)c(OC)c([N+](=O)[O-])c2)cc1C(C)C. The molecule has 0 fully saturated rings. The minimum atomic E-state index is -0.537. The second kappa shape index (κ2) is 10.5. The van der Waals surface area contributed by atoms with E-state index >= 15 is 0 Å². The number of ether oxygens (including phenoxy) is 2. The van der Waals surface area contributed by atoms with E-state index in [1.165, 1.54) is 24.1 Å². The number of hydrogen-bond acceptors (Lipinski definition) is 7. The van der Waals surface area contributed by atoms with Crippen molar-refractivity contribution in [3.63, 3.8) is 0 Å². The van der Waals surface area contributed by atoms with Gasteiger partial charge in [0.25, 0.3) is 5.56 Å². The molecule has 0 aliphatic heterocycles. The van der Waals surface area contributed by atoms with E-state index in [2.05, 4.69) is 34.9 Å². The van der Waals surface area contributed by atoms with Gasteiger partial charge in [-0.1, -0.05) is 26.0 Å². The Morgan fingerprint density at radius 2 is 1.86 bits per heavy atom. The molecule has 37 heavy (non-hydrogen) atoms. The summed E-state index contributed by atoms with van der Waals surface area (Å²) in [6, 6.07) is 13.9. The number of aryl methyl sites for hydroxylation is 1. The first-order valence-corrected chi connectivity index (χ1v) is 12.2. The molecule has 0 atom stereocenters. The smallest absolute Gasteiger partial charge is 0.312 e. The maximum absolute atomic E-state index is 13.6. The highest BCUT2D eigenvalue weighted by atomic mass is 79.9.